The number of hydrogen-bond donors (Lipinski definition) is 0. The van der Waals surface area contributed by atoms with Crippen LogP contribution in [0.15, 0.2) is 17.3 Å². The summed E-state index contributed by atoms with van der Waals surface area (Å²) in [4.78, 5) is 11.2. The van der Waals surface area contributed by atoms with E-state index in [0.29, 0.717) is 5.69 Å². The SMILES string of the molecule is Cc1cc(C(C)(C)C)c(N=O)c(C(C)(C)C)c1. The third-order valence-corrected chi connectivity index (χ3v) is 2.96. The van der Waals surface area contributed by atoms with Crippen LogP contribution in [0.1, 0.15) is 58.2 Å². The van der Waals surface area contributed by atoms with Crippen molar-refractivity contribution >= 4 is 5.69 Å². The van der Waals surface area contributed by atoms with Crippen molar-refractivity contribution in [2.24, 2.45) is 5.18 Å². The minimum atomic E-state index is -0.0603. The summed E-state index contributed by atoms with van der Waals surface area (Å²) in [6.07, 6.45) is 0. The van der Waals surface area contributed by atoms with Crippen LogP contribution in [0.4, 0.5) is 5.69 Å². The van der Waals surface area contributed by atoms with E-state index in [1.54, 1.807) is 0 Å². The molecular weight excluding hydrogens is 210 g/mol. The monoisotopic (exact) mass is 233 g/mol. The zero-order chi connectivity index (χ0) is 13.4. The molecule has 0 heterocycles. The van der Waals surface area contributed by atoms with Gasteiger partial charge in [0.05, 0.1) is 0 Å². The van der Waals surface area contributed by atoms with Crippen molar-refractivity contribution in [2.75, 3.05) is 0 Å². The van der Waals surface area contributed by atoms with Crippen LogP contribution in [-0.2, 0) is 10.8 Å². The van der Waals surface area contributed by atoms with E-state index in [1.165, 1.54) is 5.56 Å². The first-order valence-electron chi connectivity index (χ1n) is 6.06. The van der Waals surface area contributed by atoms with Gasteiger partial charge in [0.2, 0.25) is 0 Å². The van der Waals surface area contributed by atoms with Gasteiger partial charge in [0.25, 0.3) is 0 Å². The Morgan fingerprint density at radius 2 is 1.24 bits per heavy atom. The topological polar surface area (TPSA) is 29.4 Å². The van der Waals surface area contributed by atoms with Gasteiger partial charge >= 0.3 is 0 Å². The second-order valence-corrected chi connectivity index (χ2v) is 6.80. The Morgan fingerprint density at radius 3 is 1.47 bits per heavy atom. The third kappa shape index (κ3) is 2.93. The standard InChI is InChI=1S/C15H23NO/c1-10-8-11(14(2,3)4)13(16-17)12(9-10)15(5,6)7/h8-9H,1-7H3. The van der Waals surface area contributed by atoms with E-state index in [-0.39, 0.29) is 10.8 Å². The minimum Gasteiger partial charge on any atom is -0.145 e. The van der Waals surface area contributed by atoms with Gasteiger partial charge in [-0.3, -0.25) is 0 Å². The Morgan fingerprint density at radius 1 is 0.882 bits per heavy atom. The van der Waals surface area contributed by atoms with Crippen molar-refractivity contribution in [3.8, 4) is 0 Å². The van der Waals surface area contributed by atoms with Gasteiger partial charge in [0.15, 0.2) is 0 Å². The van der Waals surface area contributed by atoms with Gasteiger partial charge in [-0.25, -0.2) is 0 Å². The molecule has 1 aromatic rings. The van der Waals surface area contributed by atoms with Crippen molar-refractivity contribution in [1.82, 2.24) is 0 Å². The fraction of sp³-hybridized carbons (Fsp3) is 0.600. The molecule has 2 nitrogen and oxygen atoms in total. The molecular formula is C15H23NO. The van der Waals surface area contributed by atoms with E-state index >= 15 is 0 Å². The zero-order valence-corrected chi connectivity index (χ0v) is 12.0. The predicted octanol–water partition coefficient (Wildman–Crippen LogP) is 4.99. The molecule has 0 spiro atoms. The fourth-order valence-electron chi connectivity index (χ4n) is 2.02. The zero-order valence-electron chi connectivity index (χ0n) is 12.0. The number of nitrogens with zero attached hydrogens (tertiary/aromatic N) is 1. The molecule has 94 valence electrons. The van der Waals surface area contributed by atoms with Gasteiger partial charge in [-0.05, 0) is 34.1 Å². The number of hydrogen-bond acceptors (Lipinski definition) is 2. The van der Waals surface area contributed by atoms with Gasteiger partial charge in [-0.15, -0.1) is 4.91 Å². The van der Waals surface area contributed by atoms with Crippen LogP contribution in [0, 0.1) is 11.8 Å². The molecule has 0 atom stereocenters. The summed E-state index contributed by atoms with van der Waals surface area (Å²) < 4.78 is 0. The highest BCUT2D eigenvalue weighted by Gasteiger charge is 2.26. The lowest BCUT2D eigenvalue weighted by Gasteiger charge is -2.27. The molecule has 0 amide bonds. The lowest BCUT2D eigenvalue weighted by Crippen LogP contribution is -2.17. The summed E-state index contributed by atoms with van der Waals surface area (Å²) in [5, 5.41) is 3.29. The molecule has 0 aromatic heterocycles. The van der Waals surface area contributed by atoms with Crippen molar-refractivity contribution in [3.63, 3.8) is 0 Å². The number of benzene rings is 1. The van der Waals surface area contributed by atoms with E-state index < -0.39 is 0 Å². The lowest BCUT2D eigenvalue weighted by molar-refractivity contribution is 0.570. The Balaban J connectivity index is 3.64. The summed E-state index contributed by atoms with van der Waals surface area (Å²) in [5.74, 6) is 0. The van der Waals surface area contributed by atoms with Crippen LogP contribution in [0.5, 0.6) is 0 Å². The molecule has 1 rings (SSSR count). The molecule has 0 aliphatic rings. The molecule has 0 unspecified atom stereocenters. The second kappa shape index (κ2) is 4.25. The van der Waals surface area contributed by atoms with Crippen LogP contribution >= 0.6 is 0 Å². The summed E-state index contributed by atoms with van der Waals surface area (Å²) in [6, 6.07) is 4.15. The van der Waals surface area contributed by atoms with Crippen molar-refractivity contribution in [2.45, 2.75) is 59.3 Å². The molecule has 0 aliphatic carbocycles. The Hall–Kier alpha value is -1.18. The first-order valence-corrected chi connectivity index (χ1v) is 6.06. The second-order valence-electron chi connectivity index (χ2n) is 6.80. The highest BCUT2D eigenvalue weighted by molar-refractivity contribution is 5.59. The molecule has 0 radical (unpaired) electrons. The molecule has 2 heteroatoms. The van der Waals surface area contributed by atoms with Crippen molar-refractivity contribution in [3.05, 3.63) is 33.7 Å². The molecule has 17 heavy (non-hydrogen) atoms. The largest absolute Gasteiger partial charge is 0.145 e. The number of rotatable bonds is 1. The van der Waals surface area contributed by atoms with E-state index in [2.05, 4.69) is 65.8 Å². The normalized spacial score (nSPS) is 12.6. The molecule has 0 saturated carbocycles. The average Bonchev–Trinajstić information content (AvgIpc) is 2.13. The fourth-order valence-corrected chi connectivity index (χ4v) is 2.02. The third-order valence-electron chi connectivity index (χ3n) is 2.96. The Kier molecular flexibility index (Phi) is 3.47. The minimum absolute atomic E-state index is 0.0603. The predicted molar refractivity (Wildman–Crippen MR) is 74.0 cm³/mol. The number of aryl methyl sites for hydroxylation is 1. The number of nitroso groups, excluding NO2 is 1. The van der Waals surface area contributed by atoms with E-state index in [4.69, 9.17) is 0 Å². The van der Waals surface area contributed by atoms with Gasteiger partial charge in [0.1, 0.15) is 5.69 Å². The molecule has 0 fully saturated rings. The van der Waals surface area contributed by atoms with Gasteiger partial charge < -0.3 is 0 Å². The van der Waals surface area contributed by atoms with Crippen molar-refractivity contribution < 1.29 is 0 Å². The molecule has 0 N–H and O–H groups in total. The van der Waals surface area contributed by atoms with Crippen LogP contribution in [-0.4, -0.2) is 0 Å². The maximum absolute atomic E-state index is 11.2. The maximum Gasteiger partial charge on any atom is 0.115 e. The molecule has 0 saturated heterocycles. The van der Waals surface area contributed by atoms with Crippen molar-refractivity contribution in [1.29, 1.82) is 0 Å². The van der Waals surface area contributed by atoms with E-state index in [9.17, 15) is 4.91 Å². The summed E-state index contributed by atoms with van der Waals surface area (Å²) in [7, 11) is 0. The summed E-state index contributed by atoms with van der Waals surface area (Å²) >= 11 is 0. The molecule has 0 aliphatic heterocycles. The van der Waals surface area contributed by atoms with E-state index in [0.717, 1.165) is 11.1 Å². The van der Waals surface area contributed by atoms with Crippen LogP contribution < -0.4 is 0 Å². The first kappa shape index (κ1) is 13.9. The maximum atomic E-state index is 11.2. The van der Waals surface area contributed by atoms with Crippen LogP contribution in [0.25, 0.3) is 0 Å². The Labute approximate surface area is 104 Å². The summed E-state index contributed by atoms with van der Waals surface area (Å²) in [5.41, 5.74) is 3.77. The van der Waals surface area contributed by atoms with E-state index in [1.807, 2.05) is 0 Å². The Bertz CT molecular complexity index is 398. The highest BCUT2D eigenvalue weighted by Crippen LogP contribution is 2.40. The van der Waals surface area contributed by atoms with Crippen LogP contribution in [0.2, 0.25) is 0 Å². The van der Waals surface area contributed by atoms with Crippen LogP contribution in [0.3, 0.4) is 0 Å². The molecule has 0 bridgehead atoms. The van der Waals surface area contributed by atoms with Gasteiger partial charge in [-0.1, -0.05) is 59.2 Å². The first-order chi connectivity index (χ1) is 7.57. The lowest BCUT2D eigenvalue weighted by atomic mass is 9.78. The van der Waals surface area contributed by atoms with Gasteiger partial charge in [-0.2, -0.15) is 0 Å². The highest BCUT2D eigenvalue weighted by atomic mass is 16.3. The summed E-state index contributed by atoms with van der Waals surface area (Å²) in [6.45, 7) is 14.8. The van der Waals surface area contributed by atoms with Gasteiger partial charge in [0, 0.05) is 0 Å². The quantitative estimate of drug-likeness (QED) is 0.628. The smallest absolute Gasteiger partial charge is 0.115 e. The average molecular weight is 233 g/mol. The molecule has 1 aromatic carbocycles.